The Balaban J connectivity index is 2.95. The van der Waals surface area contributed by atoms with Crippen molar-refractivity contribution >= 4 is 24.2 Å². The van der Waals surface area contributed by atoms with Gasteiger partial charge in [0.25, 0.3) is 0 Å². The number of carbonyl (C=O) groups excluding carboxylic acids is 1. The van der Waals surface area contributed by atoms with Crippen molar-refractivity contribution in [1.29, 1.82) is 0 Å². The Morgan fingerprint density at radius 2 is 1.18 bits per heavy atom. The molecule has 11 heteroatoms. The third-order valence-electron chi connectivity index (χ3n) is 4.83. The average Bonchev–Trinajstić information content (AvgIpc) is 2.60. The summed E-state index contributed by atoms with van der Waals surface area (Å²) >= 11 is 0. The van der Waals surface area contributed by atoms with Crippen LogP contribution in [0.15, 0.2) is 0 Å². The number of hydrogen-bond donors (Lipinski definition) is 3. The van der Waals surface area contributed by atoms with Crippen LogP contribution in [-0.2, 0) is 19.2 Å². The van der Waals surface area contributed by atoms with Crippen LogP contribution in [0.2, 0.25) is 0 Å². The van der Waals surface area contributed by atoms with Gasteiger partial charge >= 0.3 is 17.9 Å². The first kappa shape index (κ1) is 24.0. The van der Waals surface area contributed by atoms with E-state index in [9.17, 15) is 24.3 Å². The standard InChI is InChI=1S/C17H30N4O7/c1-14(17(27)28)21-8-6-19(12-15(23)24)4-2-18(10-11-22)3-5-20(7-9-21)13-16(25)26/h11,14H,2-10,12-13H2,1H3,(H,23,24)(H,25,26)(H,27,28). The van der Waals surface area contributed by atoms with E-state index in [-0.39, 0.29) is 19.6 Å². The molecular formula is C17H30N4O7. The second-order valence-corrected chi connectivity index (χ2v) is 6.86. The molecule has 28 heavy (non-hydrogen) atoms. The molecule has 0 aromatic carbocycles. The van der Waals surface area contributed by atoms with Crippen molar-refractivity contribution in [2.45, 2.75) is 13.0 Å². The SMILES string of the molecule is CC(C(=O)O)N1CCN(CC(=O)O)CCN(CC=O)CCN(CC(=O)O)CC1. The van der Waals surface area contributed by atoms with Crippen LogP contribution in [0.5, 0.6) is 0 Å². The van der Waals surface area contributed by atoms with Gasteiger partial charge in [0.1, 0.15) is 12.3 Å². The quantitative estimate of drug-likeness (QED) is 0.390. The van der Waals surface area contributed by atoms with E-state index < -0.39 is 23.9 Å². The zero-order valence-corrected chi connectivity index (χ0v) is 16.2. The van der Waals surface area contributed by atoms with Crippen molar-refractivity contribution in [3.63, 3.8) is 0 Å². The normalized spacial score (nSPS) is 20.6. The molecule has 1 unspecified atom stereocenters. The molecule has 0 amide bonds. The van der Waals surface area contributed by atoms with Crippen LogP contribution in [-0.4, -0.2) is 137 Å². The summed E-state index contributed by atoms with van der Waals surface area (Å²) in [6.07, 6.45) is 0.769. The van der Waals surface area contributed by atoms with E-state index in [0.717, 1.165) is 6.29 Å². The average molecular weight is 402 g/mol. The fraction of sp³-hybridized carbons (Fsp3) is 0.765. The number of carbonyl (C=O) groups is 4. The highest BCUT2D eigenvalue weighted by atomic mass is 16.4. The molecule has 0 spiro atoms. The van der Waals surface area contributed by atoms with Gasteiger partial charge in [0, 0.05) is 52.4 Å². The third kappa shape index (κ3) is 9.22. The Kier molecular flexibility index (Phi) is 10.6. The van der Waals surface area contributed by atoms with Crippen molar-refractivity contribution in [3.8, 4) is 0 Å². The highest BCUT2D eigenvalue weighted by Gasteiger charge is 2.24. The molecular weight excluding hydrogens is 372 g/mol. The molecule has 0 aromatic heterocycles. The second kappa shape index (κ2) is 12.4. The lowest BCUT2D eigenvalue weighted by atomic mass is 10.2. The number of aldehydes is 1. The Labute approximate surface area is 164 Å². The summed E-state index contributed by atoms with van der Waals surface area (Å²) in [6.45, 7) is 4.55. The Morgan fingerprint density at radius 3 is 1.54 bits per heavy atom. The molecule has 1 rings (SSSR count). The molecule has 1 aliphatic rings. The molecule has 11 nitrogen and oxygen atoms in total. The fourth-order valence-electron chi connectivity index (χ4n) is 3.08. The minimum absolute atomic E-state index is 0.171. The first-order chi connectivity index (χ1) is 13.2. The van der Waals surface area contributed by atoms with E-state index in [4.69, 9.17) is 10.2 Å². The van der Waals surface area contributed by atoms with Crippen LogP contribution >= 0.6 is 0 Å². The van der Waals surface area contributed by atoms with Gasteiger partial charge in [-0.05, 0) is 6.92 Å². The molecule has 0 aliphatic carbocycles. The van der Waals surface area contributed by atoms with Gasteiger partial charge in [0.2, 0.25) is 0 Å². The highest BCUT2D eigenvalue weighted by molar-refractivity contribution is 5.73. The second-order valence-electron chi connectivity index (χ2n) is 6.86. The third-order valence-corrected chi connectivity index (χ3v) is 4.83. The van der Waals surface area contributed by atoms with Gasteiger partial charge in [0.15, 0.2) is 0 Å². The molecule has 160 valence electrons. The predicted octanol–water partition coefficient (Wildman–Crippen LogP) is -1.95. The summed E-state index contributed by atoms with van der Waals surface area (Å²) in [5.41, 5.74) is 0. The Bertz CT molecular complexity index is 514. The predicted molar refractivity (Wildman–Crippen MR) is 99.3 cm³/mol. The van der Waals surface area contributed by atoms with Crippen molar-refractivity contribution in [1.82, 2.24) is 19.6 Å². The van der Waals surface area contributed by atoms with E-state index in [1.807, 2.05) is 4.90 Å². The van der Waals surface area contributed by atoms with E-state index in [1.165, 1.54) is 0 Å². The summed E-state index contributed by atoms with van der Waals surface area (Å²) in [4.78, 5) is 51.6. The van der Waals surface area contributed by atoms with Gasteiger partial charge < -0.3 is 20.1 Å². The maximum Gasteiger partial charge on any atom is 0.320 e. The first-order valence-electron chi connectivity index (χ1n) is 9.24. The molecule has 1 fully saturated rings. The van der Waals surface area contributed by atoms with E-state index >= 15 is 0 Å². The molecule has 0 bridgehead atoms. The molecule has 1 aliphatic heterocycles. The van der Waals surface area contributed by atoms with E-state index in [0.29, 0.717) is 52.4 Å². The Hall–Kier alpha value is -2.08. The molecule has 0 radical (unpaired) electrons. The fourth-order valence-corrected chi connectivity index (χ4v) is 3.08. The zero-order chi connectivity index (χ0) is 21.1. The van der Waals surface area contributed by atoms with Gasteiger partial charge in [-0.15, -0.1) is 0 Å². The topological polar surface area (TPSA) is 142 Å². The van der Waals surface area contributed by atoms with Gasteiger partial charge in [-0.3, -0.25) is 34.0 Å². The smallest absolute Gasteiger partial charge is 0.320 e. The van der Waals surface area contributed by atoms with Crippen LogP contribution in [0, 0.1) is 0 Å². The van der Waals surface area contributed by atoms with Gasteiger partial charge in [-0.25, -0.2) is 0 Å². The lowest BCUT2D eigenvalue weighted by Gasteiger charge is -2.34. The molecule has 1 heterocycles. The van der Waals surface area contributed by atoms with Crippen LogP contribution in [0.1, 0.15) is 6.92 Å². The van der Waals surface area contributed by atoms with Crippen molar-refractivity contribution in [2.75, 3.05) is 72.0 Å². The minimum atomic E-state index is -0.987. The van der Waals surface area contributed by atoms with E-state index in [1.54, 1.807) is 21.6 Å². The van der Waals surface area contributed by atoms with Gasteiger partial charge in [-0.1, -0.05) is 0 Å². The van der Waals surface area contributed by atoms with Crippen molar-refractivity contribution < 1.29 is 34.5 Å². The first-order valence-corrected chi connectivity index (χ1v) is 9.24. The van der Waals surface area contributed by atoms with Crippen molar-refractivity contribution in [3.05, 3.63) is 0 Å². The lowest BCUT2D eigenvalue weighted by molar-refractivity contribution is -0.144. The largest absolute Gasteiger partial charge is 0.480 e. The number of carboxylic acid groups (broad SMARTS) is 3. The van der Waals surface area contributed by atoms with Gasteiger partial charge in [-0.2, -0.15) is 0 Å². The summed E-state index contributed by atoms with van der Waals surface area (Å²) in [5, 5.41) is 27.6. The number of aliphatic carboxylic acids is 3. The number of rotatable bonds is 8. The summed E-state index contributed by atoms with van der Waals surface area (Å²) in [7, 11) is 0. The molecule has 0 aromatic rings. The molecule has 1 atom stereocenters. The monoisotopic (exact) mass is 402 g/mol. The van der Waals surface area contributed by atoms with E-state index in [2.05, 4.69) is 0 Å². The summed E-state index contributed by atoms with van der Waals surface area (Å²) in [5.74, 6) is -2.93. The molecule has 1 saturated heterocycles. The highest BCUT2D eigenvalue weighted by Crippen LogP contribution is 2.04. The van der Waals surface area contributed by atoms with Crippen LogP contribution in [0.25, 0.3) is 0 Å². The summed E-state index contributed by atoms with van der Waals surface area (Å²) in [6, 6.07) is -0.771. The number of carboxylic acids is 3. The summed E-state index contributed by atoms with van der Waals surface area (Å²) < 4.78 is 0. The van der Waals surface area contributed by atoms with Crippen molar-refractivity contribution in [2.24, 2.45) is 0 Å². The molecule has 3 N–H and O–H groups in total. The zero-order valence-electron chi connectivity index (χ0n) is 16.2. The maximum atomic E-state index is 11.4. The number of nitrogens with zero attached hydrogens (tertiary/aromatic N) is 4. The maximum absolute atomic E-state index is 11.4. The Morgan fingerprint density at radius 1 is 0.786 bits per heavy atom. The van der Waals surface area contributed by atoms with Crippen LogP contribution in [0.4, 0.5) is 0 Å². The lowest BCUT2D eigenvalue weighted by Crippen LogP contribution is -2.50. The number of hydrogen-bond acceptors (Lipinski definition) is 8. The van der Waals surface area contributed by atoms with Crippen LogP contribution in [0.3, 0.4) is 0 Å². The van der Waals surface area contributed by atoms with Gasteiger partial charge in [0.05, 0.1) is 19.6 Å². The molecule has 0 saturated carbocycles. The minimum Gasteiger partial charge on any atom is -0.480 e. The van der Waals surface area contributed by atoms with Crippen LogP contribution < -0.4 is 0 Å².